The Morgan fingerprint density at radius 2 is 1.58 bits per heavy atom. The van der Waals surface area contributed by atoms with Crippen LogP contribution < -0.4 is 0 Å². The van der Waals surface area contributed by atoms with E-state index < -0.39 is 0 Å². The Labute approximate surface area is 116 Å². The van der Waals surface area contributed by atoms with Crippen molar-refractivity contribution < 1.29 is 9.59 Å². The lowest BCUT2D eigenvalue weighted by molar-refractivity contribution is -0.136. The number of carbonyl (C=O) groups is 2. The second-order valence-electron chi connectivity index (χ2n) is 6.28. The van der Waals surface area contributed by atoms with Crippen LogP contribution in [0.4, 0.5) is 0 Å². The number of nitrogens with zero attached hydrogens (tertiary/aromatic N) is 2. The lowest BCUT2D eigenvalue weighted by Gasteiger charge is -2.35. The molecule has 0 radical (unpaired) electrons. The van der Waals surface area contributed by atoms with Crippen LogP contribution in [-0.2, 0) is 9.59 Å². The minimum Gasteiger partial charge on any atom is -0.342 e. The molecule has 1 amide bonds. The van der Waals surface area contributed by atoms with Gasteiger partial charge in [0.15, 0.2) is 0 Å². The molecular formula is C15H26N2O2. The summed E-state index contributed by atoms with van der Waals surface area (Å²) in [5.41, 5.74) is 0. The summed E-state index contributed by atoms with van der Waals surface area (Å²) in [7, 11) is 0. The fraction of sp³-hybridized carbons (Fsp3) is 0.867. The molecule has 4 nitrogen and oxygen atoms in total. The first-order chi connectivity index (χ1) is 8.99. The molecule has 108 valence electrons. The molecule has 1 atom stereocenters. The molecule has 2 aliphatic rings. The maximum Gasteiger partial charge on any atom is 0.225 e. The van der Waals surface area contributed by atoms with Gasteiger partial charge in [-0.3, -0.25) is 9.59 Å². The summed E-state index contributed by atoms with van der Waals surface area (Å²) >= 11 is 0. The van der Waals surface area contributed by atoms with Crippen molar-refractivity contribution in [3.63, 3.8) is 0 Å². The SMILES string of the molecule is CC(=O)[C@@H]1CCN(C(=O)C2CCN(C(C)C)CC2)C1. The van der Waals surface area contributed by atoms with Crippen molar-refractivity contribution in [2.45, 2.75) is 46.1 Å². The number of ketones is 1. The summed E-state index contributed by atoms with van der Waals surface area (Å²) in [5, 5.41) is 0. The van der Waals surface area contributed by atoms with Crippen LogP contribution in [0.5, 0.6) is 0 Å². The normalized spacial score (nSPS) is 26.1. The van der Waals surface area contributed by atoms with Crippen LogP contribution in [0.15, 0.2) is 0 Å². The van der Waals surface area contributed by atoms with Crippen molar-refractivity contribution in [3.8, 4) is 0 Å². The highest BCUT2D eigenvalue weighted by molar-refractivity contribution is 5.83. The Bertz CT molecular complexity index is 346. The van der Waals surface area contributed by atoms with Crippen molar-refractivity contribution in [2.24, 2.45) is 11.8 Å². The van der Waals surface area contributed by atoms with Crippen LogP contribution >= 0.6 is 0 Å². The summed E-state index contributed by atoms with van der Waals surface area (Å²) in [6, 6.07) is 0.574. The molecule has 0 aromatic heterocycles. The van der Waals surface area contributed by atoms with Gasteiger partial charge in [0.25, 0.3) is 0 Å². The van der Waals surface area contributed by atoms with Crippen molar-refractivity contribution in [1.82, 2.24) is 9.80 Å². The van der Waals surface area contributed by atoms with Gasteiger partial charge in [-0.2, -0.15) is 0 Å². The van der Waals surface area contributed by atoms with E-state index >= 15 is 0 Å². The third kappa shape index (κ3) is 3.35. The maximum atomic E-state index is 12.4. The zero-order valence-corrected chi connectivity index (χ0v) is 12.4. The number of rotatable bonds is 3. The average Bonchev–Trinajstić information content (AvgIpc) is 2.87. The smallest absolute Gasteiger partial charge is 0.225 e. The molecular weight excluding hydrogens is 240 g/mol. The molecule has 2 fully saturated rings. The Morgan fingerprint density at radius 3 is 2.05 bits per heavy atom. The minimum absolute atomic E-state index is 0.0831. The van der Waals surface area contributed by atoms with Gasteiger partial charge in [0.2, 0.25) is 5.91 Å². The molecule has 0 N–H and O–H groups in total. The number of hydrogen-bond donors (Lipinski definition) is 0. The Kier molecular flexibility index (Phi) is 4.61. The highest BCUT2D eigenvalue weighted by Gasteiger charge is 2.34. The van der Waals surface area contributed by atoms with Gasteiger partial charge >= 0.3 is 0 Å². The molecule has 2 heterocycles. The van der Waals surface area contributed by atoms with Crippen LogP contribution in [0.25, 0.3) is 0 Å². The highest BCUT2D eigenvalue weighted by atomic mass is 16.2. The minimum atomic E-state index is 0.0831. The van der Waals surface area contributed by atoms with Crippen molar-refractivity contribution >= 4 is 11.7 Å². The highest BCUT2D eigenvalue weighted by Crippen LogP contribution is 2.25. The molecule has 0 saturated carbocycles. The van der Waals surface area contributed by atoms with E-state index in [4.69, 9.17) is 0 Å². The van der Waals surface area contributed by atoms with Gasteiger partial charge in [-0.1, -0.05) is 0 Å². The number of Topliss-reactive ketones (excluding diaryl/α,β-unsaturated/α-hetero) is 1. The van der Waals surface area contributed by atoms with E-state index in [1.165, 1.54) is 0 Å². The van der Waals surface area contributed by atoms with E-state index in [2.05, 4.69) is 18.7 Å². The lowest BCUT2D eigenvalue weighted by atomic mass is 9.94. The van der Waals surface area contributed by atoms with Crippen molar-refractivity contribution in [3.05, 3.63) is 0 Å². The van der Waals surface area contributed by atoms with E-state index in [0.717, 1.165) is 38.9 Å². The Balaban J connectivity index is 1.83. The quantitative estimate of drug-likeness (QED) is 0.778. The standard InChI is InChI=1S/C15H26N2O2/c1-11(2)16-7-4-13(5-8-16)15(19)17-9-6-14(10-17)12(3)18/h11,13-14H,4-10H2,1-3H3/t14-/m1/s1. The Hall–Kier alpha value is -0.900. The fourth-order valence-electron chi connectivity index (χ4n) is 3.21. The topological polar surface area (TPSA) is 40.6 Å². The van der Waals surface area contributed by atoms with Crippen LogP contribution in [0, 0.1) is 11.8 Å². The van der Waals surface area contributed by atoms with Crippen molar-refractivity contribution in [2.75, 3.05) is 26.2 Å². The first kappa shape index (κ1) is 14.5. The largest absolute Gasteiger partial charge is 0.342 e. The van der Waals surface area contributed by atoms with E-state index in [9.17, 15) is 9.59 Å². The molecule has 19 heavy (non-hydrogen) atoms. The summed E-state index contributed by atoms with van der Waals surface area (Å²) < 4.78 is 0. The second-order valence-corrected chi connectivity index (χ2v) is 6.28. The summed E-state index contributed by atoms with van der Waals surface area (Å²) in [6.45, 7) is 9.53. The molecule has 0 aromatic carbocycles. The third-order valence-electron chi connectivity index (χ3n) is 4.68. The van der Waals surface area contributed by atoms with Crippen molar-refractivity contribution in [1.29, 1.82) is 0 Å². The number of piperidine rings is 1. The zero-order chi connectivity index (χ0) is 14.0. The van der Waals surface area contributed by atoms with E-state index in [1.54, 1.807) is 6.92 Å². The summed E-state index contributed by atoms with van der Waals surface area (Å²) in [6.07, 6.45) is 2.79. The van der Waals surface area contributed by atoms with E-state index in [0.29, 0.717) is 12.6 Å². The molecule has 2 rings (SSSR count). The van der Waals surface area contributed by atoms with E-state index in [-0.39, 0.29) is 23.5 Å². The molecule has 4 heteroatoms. The third-order valence-corrected chi connectivity index (χ3v) is 4.68. The average molecular weight is 266 g/mol. The van der Waals surface area contributed by atoms with Gasteiger partial charge in [0.1, 0.15) is 5.78 Å². The zero-order valence-electron chi connectivity index (χ0n) is 12.4. The van der Waals surface area contributed by atoms with Gasteiger partial charge < -0.3 is 9.80 Å². The molecule has 2 aliphatic heterocycles. The van der Waals surface area contributed by atoms with Crippen LogP contribution in [0.1, 0.15) is 40.0 Å². The molecule has 0 aliphatic carbocycles. The molecule has 2 saturated heterocycles. The molecule has 0 aromatic rings. The van der Waals surface area contributed by atoms with Crippen LogP contribution in [0.2, 0.25) is 0 Å². The van der Waals surface area contributed by atoms with E-state index in [1.807, 2.05) is 4.90 Å². The number of likely N-dealkylation sites (tertiary alicyclic amines) is 2. The Morgan fingerprint density at radius 1 is 1.00 bits per heavy atom. The van der Waals surface area contributed by atoms with Gasteiger partial charge in [-0.15, -0.1) is 0 Å². The molecule has 0 unspecified atom stereocenters. The van der Waals surface area contributed by atoms with Gasteiger partial charge in [-0.05, 0) is 53.1 Å². The molecule has 0 spiro atoms. The summed E-state index contributed by atoms with van der Waals surface area (Å²) in [5.74, 6) is 0.775. The maximum absolute atomic E-state index is 12.4. The molecule has 0 bridgehead atoms. The van der Waals surface area contributed by atoms with Crippen LogP contribution in [-0.4, -0.2) is 53.7 Å². The number of amides is 1. The lowest BCUT2D eigenvalue weighted by Crippen LogP contribution is -2.44. The monoisotopic (exact) mass is 266 g/mol. The first-order valence-corrected chi connectivity index (χ1v) is 7.52. The predicted octanol–water partition coefficient (Wildman–Crippen LogP) is 1.54. The number of carbonyl (C=O) groups excluding carboxylic acids is 2. The van der Waals surface area contributed by atoms with Crippen LogP contribution in [0.3, 0.4) is 0 Å². The van der Waals surface area contributed by atoms with Gasteiger partial charge in [0, 0.05) is 31.0 Å². The summed E-state index contributed by atoms with van der Waals surface area (Å²) in [4.78, 5) is 28.2. The first-order valence-electron chi connectivity index (χ1n) is 7.52. The van der Waals surface area contributed by atoms with Gasteiger partial charge in [0.05, 0.1) is 0 Å². The predicted molar refractivity (Wildman–Crippen MR) is 74.8 cm³/mol. The van der Waals surface area contributed by atoms with Gasteiger partial charge in [-0.25, -0.2) is 0 Å². The number of hydrogen-bond acceptors (Lipinski definition) is 3. The fourth-order valence-corrected chi connectivity index (χ4v) is 3.21. The second kappa shape index (κ2) is 6.04.